The minimum Gasteiger partial charge on any atom is -0.425 e. The van der Waals surface area contributed by atoms with Crippen LogP contribution in [0.15, 0.2) is 0 Å². The zero-order valence-corrected chi connectivity index (χ0v) is 4.64. The lowest BCUT2D eigenvalue weighted by atomic mass is 10.3. The molecule has 0 aromatic rings. The summed E-state index contributed by atoms with van der Waals surface area (Å²) in [6.07, 6.45) is -0.870. The summed E-state index contributed by atoms with van der Waals surface area (Å²) in [6.45, 7) is 0. The van der Waals surface area contributed by atoms with Gasteiger partial charge >= 0.3 is 6.33 Å². The van der Waals surface area contributed by atoms with Crippen LogP contribution in [0.4, 0.5) is 0 Å². The first-order valence-corrected chi connectivity index (χ1v) is 3.52. The van der Waals surface area contributed by atoms with Gasteiger partial charge in [-0.3, -0.25) is 0 Å². The smallest absolute Gasteiger partial charge is 0.425 e. The largest absolute Gasteiger partial charge is 0.517 e. The highest BCUT2D eigenvalue weighted by atomic mass is 32.2. The molecule has 0 saturated carbocycles. The predicted octanol–water partition coefficient (Wildman–Crippen LogP) is -2.03. The lowest BCUT2D eigenvalue weighted by Crippen LogP contribution is -2.34. The van der Waals surface area contributed by atoms with Crippen LogP contribution in [0.1, 0.15) is 0 Å². The summed E-state index contributed by atoms with van der Waals surface area (Å²) >= 11 is 0. The fourth-order valence-electron chi connectivity index (χ4n) is 0. The van der Waals surface area contributed by atoms with Gasteiger partial charge in [0.25, 0.3) is 0 Å². The summed E-state index contributed by atoms with van der Waals surface area (Å²) in [5.41, 5.74) is 4.54. The summed E-state index contributed by atoms with van der Waals surface area (Å²) in [5.74, 6) is 0. The Morgan fingerprint density at radius 3 is 1.86 bits per heavy atom. The molecule has 0 spiro atoms. The van der Waals surface area contributed by atoms with E-state index < -0.39 is 16.0 Å². The molecule has 0 fully saturated rings. The van der Waals surface area contributed by atoms with Crippen molar-refractivity contribution in [2.24, 2.45) is 5.64 Å². The number of hydrogen-bond acceptors (Lipinski definition) is 4. The van der Waals surface area contributed by atoms with E-state index in [2.05, 4.69) is 5.64 Å². The molecule has 0 aliphatic rings. The van der Waals surface area contributed by atoms with Crippen LogP contribution in [0.3, 0.4) is 0 Å². The third-order valence-electron chi connectivity index (χ3n) is 0.439. The normalized spacial score (nSPS) is 11.3. The van der Waals surface area contributed by atoms with E-state index >= 15 is 0 Å². The van der Waals surface area contributed by atoms with E-state index in [4.69, 9.17) is 5.02 Å². The van der Waals surface area contributed by atoms with Crippen molar-refractivity contribution in [2.75, 3.05) is 6.26 Å². The molecule has 42 valence electrons. The van der Waals surface area contributed by atoms with Crippen molar-refractivity contribution < 1.29 is 13.4 Å². The molecule has 0 aromatic heterocycles. The molecular formula is CH6BNO3S. The molecule has 0 atom stereocenters. The van der Waals surface area contributed by atoms with Gasteiger partial charge in [-0.2, -0.15) is 0 Å². The van der Waals surface area contributed by atoms with Crippen LogP contribution in [0.25, 0.3) is 0 Å². The van der Waals surface area contributed by atoms with E-state index in [1.54, 1.807) is 0 Å². The first-order chi connectivity index (χ1) is 2.94. The summed E-state index contributed by atoms with van der Waals surface area (Å²) in [5, 5.41) is 8.08. The first kappa shape index (κ1) is 6.93. The highest BCUT2D eigenvalue weighted by Crippen LogP contribution is 1.76. The van der Waals surface area contributed by atoms with Gasteiger partial charge in [-0.05, 0) is 0 Å². The minimum atomic E-state index is -3.41. The van der Waals surface area contributed by atoms with Gasteiger partial charge in [0.2, 0.25) is 0 Å². The maximum atomic E-state index is 9.96. The van der Waals surface area contributed by atoms with Crippen LogP contribution < -0.4 is 5.64 Å². The van der Waals surface area contributed by atoms with Gasteiger partial charge < -0.3 is 10.7 Å². The molecule has 0 radical (unpaired) electrons. The summed E-state index contributed by atoms with van der Waals surface area (Å²) < 4.78 is 19.9. The standard InChI is InChI=1S/CH6BNO3S/c1-7(5,6)2(3)4/h4H,3H2,1H3. The Bertz CT molecular complexity index is 137. The Morgan fingerprint density at radius 1 is 1.71 bits per heavy atom. The second kappa shape index (κ2) is 1.81. The zero-order chi connectivity index (χ0) is 6.08. The molecule has 0 rings (SSSR count). The van der Waals surface area contributed by atoms with Crippen LogP contribution in [0.5, 0.6) is 0 Å². The molecule has 0 unspecified atom stereocenters. The Balaban J connectivity index is 4.10. The molecule has 0 saturated heterocycles. The molecule has 6 heteroatoms. The molecule has 4 nitrogen and oxygen atoms in total. The average molecular weight is 123 g/mol. The lowest BCUT2D eigenvalue weighted by Gasteiger charge is -1.89. The fraction of sp³-hybridized carbons (Fsp3) is 1.00. The zero-order valence-electron chi connectivity index (χ0n) is 3.83. The van der Waals surface area contributed by atoms with E-state index in [0.717, 1.165) is 6.26 Å². The molecule has 0 amide bonds. The summed E-state index contributed by atoms with van der Waals surface area (Å²) in [6, 6.07) is 0. The van der Waals surface area contributed by atoms with Crippen molar-refractivity contribution in [1.82, 2.24) is 0 Å². The Kier molecular flexibility index (Phi) is 1.79. The summed E-state index contributed by atoms with van der Waals surface area (Å²) in [7, 11) is -3.41. The maximum Gasteiger partial charge on any atom is 0.517 e. The van der Waals surface area contributed by atoms with Crippen molar-refractivity contribution in [3.63, 3.8) is 0 Å². The third-order valence-corrected chi connectivity index (χ3v) is 1.32. The topological polar surface area (TPSA) is 80.4 Å². The molecule has 7 heavy (non-hydrogen) atoms. The van der Waals surface area contributed by atoms with E-state index in [1.165, 1.54) is 0 Å². The van der Waals surface area contributed by atoms with Crippen molar-refractivity contribution in [1.29, 1.82) is 0 Å². The number of hydrogen-bond donors (Lipinski definition) is 2. The highest BCUT2D eigenvalue weighted by molar-refractivity contribution is 8.16. The first-order valence-electron chi connectivity index (χ1n) is 1.57. The molecule has 0 aromatic carbocycles. The monoisotopic (exact) mass is 123 g/mol. The SMILES string of the molecule is CS(=O)(=O)B(N)O. The van der Waals surface area contributed by atoms with Crippen LogP contribution in [0.2, 0.25) is 0 Å². The Hall–Kier alpha value is -0.0651. The molecule has 0 aliphatic heterocycles. The van der Waals surface area contributed by atoms with Crippen molar-refractivity contribution in [3.8, 4) is 0 Å². The highest BCUT2D eigenvalue weighted by Gasteiger charge is 2.18. The van der Waals surface area contributed by atoms with E-state index in [1.807, 2.05) is 0 Å². The van der Waals surface area contributed by atoms with Crippen LogP contribution >= 0.6 is 0 Å². The summed E-state index contributed by atoms with van der Waals surface area (Å²) in [4.78, 5) is 0. The Morgan fingerprint density at radius 2 is 1.86 bits per heavy atom. The van der Waals surface area contributed by atoms with E-state index in [-0.39, 0.29) is 0 Å². The van der Waals surface area contributed by atoms with E-state index in [9.17, 15) is 8.42 Å². The van der Waals surface area contributed by atoms with Crippen molar-refractivity contribution in [2.45, 2.75) is 0 Å². The van der Waals surface area contributed by atoms with Gasteiger partial charge in [0.1, 0.15) is 0 Å². The predicted molar refractivity (Wildman–Crippen MR) is 27.0 cm³/mol. The van der Waals surface area contributed by atoms with Gasteiger partial charge in [0, 0.05) is 6.26 Å². The average Bonchev–Trinajstić information content (AvgIpc) is 1.31. The quantitative estimate of drug-likeness (QED) is 0.394. The van der Waals surface area contributed by atoms with Gasteiger partial charge in [-0.1, -0.05) is 0 Å². The van der Waals surface area contributed by atoms with Crippen LogP contribution in [0, 0.1) is 0 Å². The van der Waals surface area contributed by atoms with Crippen LogP contribution in [-0.2, 0) is 9.69 Å². The third kappa shape index (κ3) is 2.61. The second-order valence-electron chi connectivity index (χ2n) is 1.22. The molecule has 0 heterocycles. The van der Waals surface area contributed by atoms with Crippen molar-refractivity contribution >= 4 is 16.0 Å². The number of rotatable bonds is 1. The van der Waals surface area contributed by atoms with Gasteiger partial charge in [-0.25, -0.2) is 8.42 Å². The molecular weight excluding hydrogens is 117 g/mol. The van der Waals surface area contributed by atoms with Gasteiger partial charge in [0.15, 0.2) is 9.69 Å². The molecule has 0 bridgehead atoms. The van der Waals surface area contributed by atoms with Gasteiger partial charge in [0.05, 0.1) is 0 Å². The Labute approximate surface area is 42.3 Å². The van der Waals surface area contributed by atoms with Gasteiger partial charge in [-0.15, -0.1) is 0 Å². The molecule has 0 aliphatic carbocycles. The van der Waals surface area contributed by atoms with Crippen LogP contribution in [-0.4, -0.2) is 26.0 Å². The van der Waals surface area contributed by atoms with E-state index in [0.29, 0.717) is 0 Å². The minimum absolute atomic E-state index is 0.859. The molecule has 3 N–H and O–H groups in total. The maximum absolute atomic E-state index is 9.96. The second-order valence-corrected chi connectivity index (χ2v) is 3.36. The van der Waals surface area contributed by atoms with Crippen molar-refractivity contribution in [3.05, 3.63) is 0 Å². The lowest BCUT2D eigenvalue weighted by molar-refractivity contribution is 0.569. The number of nitrogens with two attached hydrogens (primary N) is 1. The fourth-order valence-corrected chi connectivity index (χ4v) is 0.